The zero-order valence-corrected chi connectivity index (χ0v) is 13.1. The Morgan fingerprint density at radius 1 is 0.875 bits per heavy atom. The van der Waals surface area contributed by atoms with Crippen molar-refractivity contribution < 1.29 is 10.2 Å². The molecule has 2 aromatic carbocycles. The molecular formula is C18H12ClN3O2. The Balaban J connectivity index is 1.82. The van der Waals surface area contributed by atoms with E-state index in [-0.39, 0.29) is 11.5 Å². The van der Waals surface area contributed by atoms with E-state index in [1.165, 1.54) is 6.20 Å². The summed E-state index contributed by atoms with van der Waals surface area (Å²) in [5.41, 5.74) is 3.46. The first-order valence-electron chi connectivity index (χ1n) is 7.23. The van der Waals surface area contributed by atoms with Gasteiger partial charge in [0.15, 0.2) is 0 Å². The fourth-order valence-corrected chi connectivity index (χ4v) is 2.82. The van der Waals surface area contributed by atoms with Gasteiger partial charge < -0.3 is 10.2 Å². The third kappa shape index (κ3) is 2.45. The first kappa shape index (κ1) is 14.5. The number of rotatable bonds is 2. The van der Waals surface area contributed by atoms with Crippen molar-refractivity contribution in [3.8, 4) is 28.3 Å². The average Bonchev–Trinajstić information content (AvgIpc) is 3.00. The Morgan fingerprint density at radius 2 is 1.67 bits per heavy atom. The lowest BCUT2D eigenvalue weighted by Crippen LogP contribution is -1.96. The van der Waals surface area contributed by atoms with Crippen molar-refractivity contribution in [1.29, 1.82) is 0 Å². The van der Waals surface area contributed by atoms with E-state index >= 15 is 0 Å². The molecule has 0 atom stereocenters. The molecule has 0 fully saturated rings. The van der Waals surface area contributed by atoms with Gasteiger partial charge in [-0.05, 0) is 35.4 Å². The number of nitrogens with zero attached hydrogens (tertiary/aromatic N) is 3. The molecule has 0 saturated heterocycles. The number of fused-ring (bicyclic) bond motifs is 1. The standard InChI is InChI=1S/C18H12ClN3O2/c19-16-6-12(2-4-18(16)24)11-1-3-17-13(5-11)8-21-22(17)14-7-15(23)10-20-9-14/h1-10,23-24H. The van der Waals surface area contributed by atoms with Crippen molar-refractivity contribution in [2.75, 3.05) is 0 Å². The summed E-state index contributed by atoms with van der Waals surface area (Å²) in [6.07, 6.45) is 4.77. The molecule has 4 rings (SSSR count). The Morgan fingerprint density at radius 3 is 2.46 bits per heavy atom. The zero-order valence-electron chi connectivity index (χ0n) is 12.4. The van der Waals surface area contributed by atoms with Crippen molar-refractivity contribution in [2.45, 2.75) is 0 Å². The summed E-state index contributed by atoms with van der Waals surface area (Å²) in [5, 5.41) is 24.8. The number of phenolic OH excluding ortho intramolecular Hbond substituents is 1. The molecule has 0 unspecified atom stereocenters. The molecule has 0 saturated carbocycles. The maximum atomic E-state index is 9.59. The van der Waals surface area contributed by atoms with Crippen LogP contribution in [0.3, 0.4) is 0 Å². The fourth-order valence-electron chi connectivity index (χ4n) is 2.64. The number of pyridine rings is 1. The lowest BCUT2D eigenvalue weighted by atomic mass is 10.0. The van der Waals surface area contributed by atoms with E-state index in [0.717, 1.165) is 22.0 Å². The van der Waals surface area contributed by atoms with Crippen LogP contribution in [-0.4, -0.2) is 25.0 Å². The van der Waals surface area contributed by atoms with Crippen LogP contribution < -0.4 is 0 Å². The second kappa shape index (κ2) is 5.54. The van der Waals surface area contributed by atoms with Crippen molar-refractivity contribution in [3.63, 3.8) is 0 Å². The normalized spacial score (nSPS) is 11.0. The second-order valence-electron chi connectivity index (χ2n) is 5.40. The molecule has 4 aromatic rings. The second-order valence-corrected chi connectivity index (χ2v) is 5.80. The van der Waals surface area contributed by atoms with Crippen LogP contribution in [0.25, 0.3) is 27.7 Å². The average molecular weight is 338 g/mol. The number of hydrogen-bond acceptors (Lipinski definition) is 4. The molecular weight excluding hydrogens is 326 g/mol. The molecule has 0 bridgehead atoms. The minimum atomic E-state index is 0.0608. The number of aromatic hydroxyl groups is 2. The highest BCUT2D eigenvalue weighted by Gasteiger charge is 2.09. The highest BCUT2D eigenvalue weighted by molar-refractivity contribution is 6.32. The van der Waals surface area contributed by atoms with Gasteiger partial charge in [0.05, 0.1) is 34.8 Å². The molecule has 118 valence electrons. The van der Waals surface area contributed by atoms with Gasteiger partial charge in [0.1, 0.15) is 11.5 Å². The van der Waals surface area contributed by atoms with Gasteiger partial charge >= 0.3 is 0 Å². The summed E-state index contributed by atoms with van der Waals surface area (Å²) in [6.45, 7) is 0. The SMILES string of the molecule is Oc1cncc(-n2ncc3cc(-c4ccc(O)c(Cl)c4)ccc32)c1. The lowest BCUT2D eigenvalue weighted by Gasteiger charge is -2.06. The first-order chi connectivity index (χ1) is 11.6. The van der Waals surface area contributed by atoms with E-state index in [9.17, 15) is 10.2 Å². The summed E-state index contributed by atoms with van der Waals surface area (Å²) >= 11 is 5.98. The van der Waals surface area contributed by atoms with Gasteiger partial charge in [-0.3, -0.25) is 4.98 Å². The largest absolute Gasteiger partial charge is 0.506 e. The minimum absolute atomic E-state index is 0.0608. The molecule has 0 aliphatic heterocycles. The van der Waals surface area contributed by atoms with Gasteiger partial charge in [0.25, 0.3) is 0 Å². The molecule has 0 aliphatic rings. The van der Waals surface area contributed by atoms with Gasteiger partial charge in [0, 0.05) is 11.5 Å². The molecule has 2 N–H and O–H groups in total. The van der Waals surface area contributed by atoms with E-state index in [2.05, 4.69) is 10.1 Å². The van der Waals surface area contributed by atoms with Crippen LogP contribution in [0.15, 0.2) is 61.1 Å². The maximum absolute atomic E-state index is 9.59. The Labute approximate surface area is 142 Å². The first-order valence-corrected chi connectivity index (χ1v) is 7.61. The quantitative estimate of drug-likeness (QED) is 0.576. The monoisotopic (exact) mass is 337 g/mol. The Hall–Kier alpha value is -3.05. The van der Waals surface area contributed by atoms with Crippen LogP contribution in [0.1, 0.15) is 0 Å². The van der Waals surface area contributed by atoms with E-state index in [1.807, 2.05) is 24.3 Å². The van der Waals surface area contributed by atoms with Crippen LogP contribution in [-0.2, 0) is 0 Å². The molecule has 0 spiro atoms. The fraction of sp³-hybridized carbons (Fsp3) is 0. The molecule has 24 heavy (non-hydrogen) atoms. The van der Waals surface area contributed by atoms with E-state index < -0.39 is 0 Å². The highest BCUT2D eigenvalue weighted by atomic mass is 35.5. The number of benzene rings is 2. The van der Waals surface area contributed by atoms with Crippen LogP contribution >= 0.6 is 11.6 Å². The molecule has 6 heteroatoms. The Bertz CT molecular complexity index is 1060. The topological polar surface area (TPSA) is 71.2 Å². The number of phenols is 1. The number of aromatic nitrogens is 3. The van der Waals surface area contributed by atoms with Gasteiger partial charge in [-0.1, -0.05) is 23.7 Å². The molecule has 0 radical (unpaired) electrons. The molecule has 2 heterocycles. The van der Waals surface area contributed by atoms with Gasteiger partial charge in [0.2, 0.25) is 0 Å². The summed E-state index contributed by atoms with van der Waals surface area (Å²) in [7, 11) is 0. The van der Waals surface area contributed by atoms with E-state index in [1.54, 1.807) is 35.3 Å². The highest BCUT2D eigenvalue weighted by Crippen LogP contribution is 2.31. The number of hydrogen-bond donors (Lipinski definition) is 2. The van der Waals surface area contributed by atoms with E-state index in [4.69, 9.17) is 11.6 Å². The predicted molar refractivity (Wildman–Crippen MR) is 92.6 cm³/mol. The maximum Gasteiger partial charge on any atom is 0.136 e. The predicted octanol–water partition coefficient (Wildman–Crippen LogP) is 4.15. The van der Waals surface area contributed by atoms with Gasteiger partial charge in [-0.2, -0.15) is 5.10 Å². The van der Waals surface area contributed by atoms with Gasteiger partial charge in [-0.25, -0.2) is 4.68 Å². The molecule has 0 aliphatic carbocycles. The summed E-state index contributed by atoms with van der Waals surface area (Å²) < 4.78 is 1.72. The van der Waals surface area contributed by atoms with Crippen LogP contribution in [0.4, 0.5) is 0 Å². The van der Waals surface area contributed by atoms with Crippen LogP contribution in [0.2, 0.25) is 5.02 Å². The summed E-state index contributed by atoms with van der Waals surface area (Å²) in [4.78, 5) is 3.98. The summed E-state index contributed by atoms with van der Waals surface area (Å²) in [6, 6.07) is 12.6. The van der Waals surface area contributed by atoms with Crippen molar-refractivity contribution in [3.05, 3.63) is 66.1 Å². The van der Waals surface area contributed by atoms with Crippen LogP contribution in [0, 0.1) is 0 Å². The molecule has 2 aromatic heterocycles. The summed E-state index contributed by atoms with van der Waals surface area (Å²) in [5.74, 6) is 0.150. The minimum Gasteiger partial charge on any atom is -0.506 e. The van der Waals surface area contributed by atoms with Crippen molar-refractivity contribution in [2.24, 2.45) is 0 Å². The molecule has 5 nitrogen and oxygen atoms in total. The third-order valence-electron chi connectivity index (χ3n) is 3.80. The Kier molecular flexibility index (Phi) is 3.36. The van der Waals surface area contributed by atoms with Crippen molar-refractivity contribution >= 4 is 22.5 Å². The molecule has 0 amide bonds. The van der Waals surface area contributed by atoms with E-state index in [0.29, 0.717) is 10.7 Å². The van der Waals surface area contributed by atoms with Crippen LogP contribution in [0.5, 0.6) is 11.5 Å². The number of halogens is 1. The smallest absolute Gasteiger partial charge is 0.136 e. The zero-order chi connectivity index (χ0) is 16.7. The van der Waals surface area contributed by atoms with Crippen molar-refractivity contribution in [1.82, 2.24) is 14.8 Å². The van der Waals surface area contributed by atoms with Gasteiger partial charge in [-0.15, -0.1) is 0 Å². The lowest BCUT2D eigenvalue weighted by molar-refractivity contribution is 0.472. The third-order valence-corrected chi connectivity index (χ3v) is 4.11.